The van der Waals surface area contributed by atoms with E-state index in [-0.39, 0.29) is 14.7 Å². The van der Waals surface area contributed by atoms with E-state index in [1.54, 1.807) is 29.5 Å². The second kappa shape index (κ2) is 4.08. The van der Waals surface area contributed by atoms with Crippen LogP contribution in [0.25, 0.3) is 0 Å². The van der Waals surface area contributed by atoms with E-state index in [1.165, 1.54) is 0 Å². The van der Waals surface area contributed by atoms with E-state index >= 15 is 0 Å². The first-order valence-electron chi connectivity index (χ1n) is 3.46. The van der Waals surface area contributed by atoms with Crippen molar-refractivity contribution in [2.75, 3.05) is 0 Å². The van der Waals surface area contributed by atoms with Crippen LogP contribution >= 0.6 is 22.6 Å². The number of hydrogen-bond donors (Lipinski definition) is 0. The van der Waals surface area contributed by atoms with Gasteiger partial charge in [0.2, 0.25) is 0 Å². The largest absolute Gasteiger partial charge is 0.298 e. The van der Waals surface area contributed by atoms with Crippen LogP contribution in [0, 0.1) is 10.5 Å². The van der Waals surface area contributed by atoms with Gasteiger partial charge in [-0.05, 0) is 29.5 Å². The van der Waals surface area contributed by atoms with Gasteiger partial charge in [0.05, 0.1) is 5.56 Å². The second-order valence-corrected chi connectivity index (χ2v) is 3.52. The van der Waals surface area contributed by atoms with Crippen LogP contribution in [-0.2, 0) is 0 Å². The number of carbonyl (C=O) groups is 1. The van der Waals surface area contributed by atoms with Crippen molar-refractivity contribution in [3.8, 4) is 0 Å². The van der Waals surface area contributed by atoms with Crippen LogP contribution in [-0.4, -0.2) is 11.3 Å². The molecule has 0 aliphatic carbocycles. The van der Waals surface area contributed by atoms with Crippen molar-refractivity contribution in [3.05, 3.63) is 26.6 Å². The Morgan fingerprint density at radius 3 is 2.69 bits per heavy atom. The lowest BCUT2D eigenvalue weighted by molar-refractivity contribution is 0.112. The third-order valence-electron chi connectivity index (χ3n) is 1.63. The molecule has 0 N–H and O–H groups in total. The summed E-state index contributed by atoms with van der Waals surface area (Å²) in [6, 6.07) is 0. The molecule has 0 saturated heterocycles. The van der Waals surface area contributed by atoms with Crippen molar-refractivity contribution in [1.82, 2.24) is 4.98 Å². The number of alkyl halides is 2. The molecule has 0 radical (unpaired) electrons. The van der Waals surface area contributed by atoms with Crippen LogP contribution < -0.4 is 0 Å². The highest BCUT2D eigenvalue weighted by atomic mass is 127. The van der Waals surface area contributed by atoms with E-state index in [9.17, 15) is 13.6 Å². The molecule has 70 valence electrons. The summed E-state index contributed by atoms with van der Waals surface area (Å²) in [6.07, 6.45) is -0.927. The Morgan fingerprint density at radius 1 is 1.62 bits per heavy atom. The van der Waals surface area contributed by atoms with Gasteiger partial charge in [0.15, 0.2) is 6.29 Å². The van der Waals surface area contributed by atoms with Gasteiger partial charge in [-0.25, -0.2) is 8.78 Å². The highest BCUT2D eigenvalue weighted by Crippen LogP contribution is 2.26. The fourth-order valence-electron chi connectivity index (χ4n) is 0.896. The lowest BCUT2D eigenvalue weighted by Gasteiger charge is -2.06. The van der Waals surface area contributed by atoms with E-state index < -0.39 is 6.43 Å². The molecule has 1 aromatic heterocycles. The predicted molar refractivity (Wildman–Crippen MR) is 52.0 cm³/mol. The minimum atomic E-state index is -2.58. The molecule has 13 heavy (non-hydrogen) atoms. The fourth-order valence-corrected chi connectivity index (χ4v) is 1.79. The SMILES string of the molecule is Cc1ncc(C(F)F)c(I)c1C=O. The summed E-state index contributed by atoms with van der Waals surface area (Å²) in [4.78, 5) is 14.2. The Kier molecular flexibility index (Phi) is 3.29. The Balaban J connectivity index is 3.35. The van der Waals surface area contributed by atoms with Crippen molar-refractivity contribution in [3.63, 3.8) is 0 Å². The number of carbonyl (C=O) groups excluding carboxylic acids is 1. The molecule has 0 fully saturated rings. The lowest BCUT2D eigenvalue weighted by Crippen LogP contribution is -2.00. The van der Waals surface area contributed by atoms with Gasteiger partial charge in [-0.15, -0.1) is 0 Å². The molecule has 2 nitrogen and oxygen atoms in total. The zero-order chi connectivity index (χ0) is 10.0. The van der Waals surface area contributed by atoms with Gasteiger partial charge in [0.1, 0.15) is 0 Å². The van der Waals surface area contributed by atoms with Crippen LogP contribution in [0.2, 0.25) is 0 Å². The third-order valence-corrected chi connectivity index (χ3v) is 2.83. The standard InChI is InChI=1S/C8H6F2INO/c1-4-6(3-13)7(11)5(2-12-4)8(9)10/h2-3,8H,1H3. The van der Waals surface area contributed by atoms with Crippen molar-refractivity contribution in [2.24, 2.45) is 0 Å². The number of rotatable bonds is 2. The Labute approximate surface area is 87.5 Å². The molecule has 0 aliphatic rings. The number of aldehydes is 1. The van der Waals surface area contributed by atoms with Crippen LogP contribution in [0.4, 0.5) is 8.78 Å². The zero-order valence-corrected chi connectivity index (χ0v) is 8.88. The first kappa shape index (κ1) is 10.5. The monoisotopic (exact) mass is 297 g/mol. The molecule has 0 bridgehead atoms. The summed E-state index contributed by atoms with van der Waals surface area (Å²) in [6.45, 7) is 1.61. The average Bonchev–Trinajstić information content (AvgIpc) is 2.04. The quantitative estimate of drug-likeness (QED) is 0.620. The van der Waals surface area contributed by atoms with E-state index in [0.29, 0.717) is 12.0 Å². The molecule has 0 aliphatic heterocycles. The number of nitrogens with zero attached hydrogens (tertiary/aromatic N) is 1. The zero-order valence-electron chi connectivity index (χ0n) is 6.72. The van der Waals surface area contributed by atoms with Crippen molar-refractivity contribution < 1.29 is 13.6 Å². The molecular weight excluding hydrogens is 291 g/mol. The molecule has 0 atom stereocenters. The maximum absolute atomic E-state index is 12.3. The fraction of sp³-hybridized carbons (Fsp3) is 0.250. The van der Waals surface area contributed by atoms with Crippen LogP contribution in [0.5, 0.6) is 0 Å². The number of aryl methyl sites for hydroxylation is 1. The third kappa shape index (κ3) is 2.01. The number of aromatic nitrogens is 1. The molecule has 0 aromatic carbocycles. The minimum absolute atomic E-state index is 0.187. The number of pyridine rings is 1. The molecule has 0 amide bonds. The Morgan fingerprint density at radius 2 is 2.23 bits per heavy atom. The number of halogens is 3. The highest BCUT2D eigenvalue weighted by molar-refractivity contribution is 14.1. The molecule has 1 rings (SSSR count). The van der Waals surface area contributed by atoms with E-state index in [1.807, 2.05) is 0 Å². The smallest absolute Gasteiger partial charge is 0.266 e. The molecular formula is C8H6F2INO. The van der Waals surface area contributed by atoms with Gasteiger partial charge < -0.3 is 0 Å². The molecule has 0 saturated carbocycles. The van der Waals surface area contributed by atoms with Gasteiger partial charge in [-0.2, -0.15) is 0 Å². The summed E-state index contributed by atoms with van der Waals surface area (Å²) in [5.41, 5.74) is 0.538. The van der Waals surface area contributed by atoms with E-state index in [4.69, 9.17) is 0 Å². The van der Waals surface area contributed by atoms with E-state index in [0.717, 1.165) is 6.20 Å². The normalized spacial score (nSPS) is 10.5. The minimum Gasteiger partial charge on any atom is -0.298 e. The summed E-state index contributed by atoms with van der Waals surface area (Å²) >= 11 is 1.73. The van der Waals surface area contributed by atoms with Crippen LogP contribution in [0.3, 0.4) is 0 Å². The maximum atomic E-state index is 12.3. The lowest BCUT2D eigenvalue weighted by atomic mass is 10.1. The molecule has 5 heteroatoms. The van der Waals surface area contributed by atoms with Crippen molar-refractivity contribution in [2.45, 2.75) is 13.3 Å². The van der Waals surface area contributed by atoms with E-state index in [2.05, 4.69) is 4.98 Å². The van der Waals surface area contributed by atoms with Gasteiger partial charge in [0, 0.05) is 21.0 Å². The Bertz CT molecular complexity index is 341. The van der Waals surface area contributed by atoms with Gasteiger partial charge in [-0.1, -0.05) is 0 Å². The summed E-state index contributed by atoms with van der Waals surface area (Å²) < 4.78 is 24.9. The number of hydrogen-bond acceptors (Lipinski definition) is 2. The summed E-state index contributed by atoms with van der Waals surface area (Å²) in [5, 5.41) is 0. The maximum Gasteiger partial charge on any atom is 0.266 e. The first-order chi connectivity index (χ1) is 6.07. The summed E-state index contributed by atoms with van der Waals surface area (Å²) in [7, 11) is 0. The van der Waals surface area contributed by atoms with Gasteiger partial charge >= 0.3 is 0 Å². The van der Waals surface area contributed by atoms with Crippen molar-refractivity contribution >= 4 is 28.9 Å². The van der Waals surface area contributed by atoms with Crippen LogP contribution in [0.1, 0.15) is 28.0 Å². The predicted octanol–water partition coefficient (Wildman–Crippen LogP) is 2.74. The highest BCUT2D eigenvalue weighted by Gasteiger charge is 2.16. The molecule has 0 unspecified atom stereocenters. The van der Waals surface area contributed by atoms with Crippen molar-refractivity contribution in [1.29, 1.82) is 0 Å². The molecule has 0 spiro atoms. The molecule has 1 heterocycles. The second-order valence-electron chi connectivity index (χ2n) is 2.45. The van der Waals surface area contributed by atoms with Gasteiger partial charge in [-0.3, -0.25) is 9.78 Å². The van der Waals surface area contributed by atoms with Crippen LogP contribution in [0.15, 0.2) is 6.20 Å². The average molecular weight is 297 g/mol. The Hall–Kier alpha value is -0.590. The molecule has 1 aromatic rings. The first-order valence-corrected chi connectivity index (χ1v) is 4.54. The summed E-state index contributed by atoms with van der Waals surface area (Å²) in [5.74, 6) is 0. The van der Waals surface area contributed by atoms with Gasteiger partial charge in [0.25, 0.3) is 6.43 Å². The topological polar surface area (TPSA) is 30.0 Å².